The van der Waals surface area contributed by atoms with E-state index in [2.05, 4.69) is 132 Å². The summed E-state index contributed by atoms with van der Waals surface area (Å²) < 4.78 is 0. The first-order valence-corrected chi connectivity index (χ1v) is 16.5. The molecule has 0 amide bonds. The van der Waals surface area contributed by atoms with Crippen LogP contribution >= 0.6 is 21.5 Å². The second-order valence-corrected chi connectivity index (χ2v) is 15.4. The van der Waals surface area contributed by atoms with Gasteiger partial charge in [-0.1, -0.05) is 90.5 Å². The van der Waals surface area contributed by atoms with Crippen molar-refractivity contribution in [3.05, 3.63) is 150 Å². The van der Waals surface area contributed by atoms with Gasteiger partial charge in [-0.3, -0.25) is 0 Å². The Balaban J connectivity index is 1.40. The quantitative estimate of drug-likeness (QED) is 0.190. The number of aryl methyl sites for hydroxylation is 1. The van der Waals surface area contributed by atoms with Gasteiger partial charge in [-0.25, -0.2) is 9.97 Å². The summed E-state index contributed by atoms with van der Waals surface area (Å²) in [6.45, 7) is 2.11. The van der Waals surface area contributed by atoms with Crippen molar-refractivity contribution in [3.8, 4) is 11.3 Å². The van der Waals surface area contributed by atoms with E-state index in [4.69, 9.17) is 9.97 Å². The fourth-order valence-electron chi connectivity index (χ4n) is 4.83. The molecule has 0 unspecified atom stereocenters. The minimum absolute atomic E-state index is 0.714. The minimum atomic E-state index is -1.94. The molecule has 0 radical (unpaired) electrons. The van der Waals surface area contributed by atoms with Crippen molar-refractivity contribution in [2.24, 2.45) is 0 Å². The number of hydrogen-bond acceptors (Lipinski definition) is 2. The Morgan fingerprint density at radius 3 is 1.63 bits per heavy atom. The van der Waals surface area contributed by atoms with Crippen molar-refractivity contribution in [3.63, 3.8) is 0 Å². The molecule has 0 N–H and O–H groups in total. The molecule has 4 heteroatoms. The van der Waals surface area contributed by atoms with Crippen LogP contribution in [0.1, 0.15) is 16.8 Å². The lowest BCUT2D eigenvalue weighted by atomic mass is 10.0. The predicted octanol–water partition coefficient (Wildman–Crippen LogP) is 7.80. The van der Waals surface area contributed by atoms with Gasteiger partial charge in [0.25, 0.3) is 0 Å². The van der Waals surface area contributed by atoms with E-state index in [9.17, 15) is 0 Å². The zero-order valence-electron chi connectivity index (χ0n) is 21.1. The van der Waals surface area contributed by atoms with Crippen LogP contribution in [0.3, 0.4) is 0 Å². The van der Waals surface area contributed by atoms with E-state index in [1.54, 1.807) is 0 Å². The van der Waals surface area contributed by atoms with Crippen LogP contribution in [-0.2, 0) is 6.42 Å². The number of fused-ring (bicyclic) bond motifs is 1. The molecular formula is C34H27BrN2P+. The zero-order chi connectivity index (χ0) is 26.0. The number of benzene rings is 5. The average Bonchev–Trinajstić information content (AvgIpc) is 2.98. The molecule has 38 heavy (non-hydrogen) atoms. The van der Waals surface area contributed by atoms with Crippen LogP contribution < -0.4 is 15.9 Å². The highest BCUT2D eigenvalue weighted by Gasteiger charge is 2.43. The van der Waals surface area contributed by atoms with Crippen LogP contribution in [0.5, 0.6) is 0 Å². The maximum atomic E-state index is 5.07. The van der Waals surface area contributed by atoms with Crippen LogP contribution in [0.4, 0.5) is 0 Å². The number of hydrogen-bond donors (Lipinski definition) is 0. The molecule has 0 aliphatic rings. The van der Waals surface area contributed by atoms with Gasteiger partial charge in [0.05, 0.1) is 22.4 Å². The Kier molecular flexibility index (Phi) is 6.89. The Labute approximate surface area is 232 Å². The normalized spacial score (nSPS) is 11.5. The topological polar surface area (TPSA) is 25.8 Å². The molecule has 6 aromatic rings. The highest BCUT2D eigenvalue weighted by Crippen LogP contribution is 2.62. The molecule has 0 spiro atoms. The summed E-state index contributed by atoms with van der Waals surface area (Å²) in [7, 11) is 0. The number of aromatic nitrogens is 2. The molecule has 0 bridgehead atoms. The fraction of sp³-hybridized carbons (Fsp3) is 0.0588. The summed E-state index contributed by atoms with van der Waals surface area (Å²) in [4.78, 5) is 10.1. The van der Waals surface area contributed by atoms with E-state index >= 15 is 0 Å². The zero-order valence-corrected chi connectivity index (χ0v) is 23.6. The first-order valence-electron chi connectivity index (χ1n) is 12.7. The molecule has 1 heterocycles. The number of rotatable bonds is 6. The highest BCUT2D eigenvalue weighted by molar-refractivity contribution is 9.44. The van der Waals surface area contributed by atoms with Crippen molar-refractivity contribution in [2.75, 3.05) is 0 Å². The van der Waals surface area contributed by atoms with Crippen molar-refractivity contribution in [2.45, 2.75) is 13.3 Å². The van der Waals surface area contributed by atoms with E-state index in [1.807, 2.05) is 24.3 Å². The van der Waals surface area contributed by atoms with Gasteiger partial charge >= 0.3 is 0 Å². The molecule has 0 aliphatic carbocycles. The van der Waals surface area contributed by atoms with E-state index in [-0.39, 0.29) is 0 Å². The van der Waals surface area contributed by atoms with Crippen molar-refractivity contribution < 1.29 is 0 Å². The average molecular weight is 574 g/mol. The molecule has 0 atom stereocenters. The molecule has 0 saturated heterocycles. The summed E-state index contributed by atoms with van der Waals surface area (Å²) in [5, 5.41) is 3.91. The number of nitrogens with zero attached hydrogens (tertiary/aromatic N) is 2. The molecule has 1 aromatic heterocycles. The SMILES string of the molecule is Cc1ccc(-c2nc3ccccc3nc2Cc2ccc([P+](Br)(c3ccccc3)c3ccccc3)cc2)cc1. The van der Waals surface area contributed by atoms with Crippen LogP contribution in [-0.4, -0.2) is 9.97 Å². The van der Waals surface area contributed by atoms with Crippen LogP contribution in [0, 0.1) is 6.92 Å². The maximum absolute atomic E-state index is 5.07. The largest absolute Gasteiger partial charge is 0.249 e. The van der Waals surface area contributed by atoms with Gasteiger partial charge in [0.1, 0.15) is 15.9 Å². The van der Waals surface area contributed by atoms with E-state index in [1.165, 1.54) is 27.0 Å². The standard InChI is InChI=1S/C34H27BrN2P/c1-25-16-20-27(21-17-25)34-33(36-31-14-8-9-15-32(31)37-34)24-26-18-22-30(23-19-26)38(35,28-10-4-2-5-11-28)29-12-6-3-7-13-29/h2-23H,24H2,1H3/q+1. The lowest BCUT2D eigenvalue weighted by molar-refractivity contribution is 1.07. The van der Waals surface area contributed by atoms with Crippen molar-refractivity contribution in [1.29, 1.82) is 0 Å². The van der Waals surface area contributed by atoms with Crippen molar-refractivity contribution in [1.82, 2.24) is 9.97 Å². The van der Waals surface area contributed by atoms with E-state index < -0.39 is 5.96 Å². The summed E-state index contributed by atoms with van der Waals surface area (Å²) in [5.74, 6) is -1.94. The molecular weight excluding hydrogens is 547 g/mol. The Hall–Kier alpha value is -3.65. The number of halogens is 1. The predicted molar refractivity (Wildman–Crippen MR) is 167 cm³/mol. The van der Waals surface area contributed by atoms with Crippen LogP contribution in [0.2, 0.25) is 0 Å². The Morgan fingerprint density at radius 1 is 0.553 bits per heavy atom. The van der Waals surface area contributed by atoms with E-state index in [0.717, 1.165) is 28.0 Å². The minimum Gasteiger partial charge on any atom is -0.249 e. The summed E-state index contributed by atoms with van der Waals surface area (Å²) >= 11 is 4.27. The molecule has 0 fully saturated rings. The molecule has 184 valence electrons. The second kappa shape index (κ2) is 10.6. The lowest BCUT2D eigenvalue weighted by Gasteiger charge is -2.20. The molecule has 5 aromatic carbocycles. The summed E-state index contributed by atoms with van der Waals surface area (Å²) in [6.07, 6.45) is 0.714. The van der Waals surface area contributed by atoms with Gasteiger partial charge in [-0.15, -0.1) is 0 Å². The van der Waals surface area contributed by atoms with Gasteiger partial charge in [0.15, 0.2) is 21.5 Å². The molecule has 6 rings (SSSR count). The third-order valence-electron chi connectivity index (χ3n) is 6.86. The van der Waals surface area contributed by atoms with Crippen LogP contribution in [0.15, 0.2) is 133 Å². The van der Waals surface area contributed by atoms with E-state index in [0.29, 0.717) is 6.42 Å². The third-order valence-corrected chi connectivity index (χ3v) is 13.6. The van der Waals surface area contributed by atoms with Gasteiger partial charge in [-0.05, 0) is 61.0 Å². The highest BCUT2D eigenvalue weighted by atomic mass is 79.9. The fourth-order valence-corrected chi connectivity index (χ4v) is 9.58. The second-order valence-electron chi connectivity index (χ2n) is 9.48. The Morgan fingerprint density at radius 2 is 1.05 bits per heavy atom. The first-order chi connectivity index (χ1) is 18.6. The maximum Gasteiger partial charge on any atom is 0.181 e. The van der Waals surface area contributed by atoms with Crippen LogP contribution in [0.25, 0.3) is 22.3 Å². The molecule has 0 aliphatic heterocycles. The van der Waals surface area contributed by atoms with Gasteiger partial charge in [-0.2, -0.15) is 0 Å². The lowest BCUT2D eigenvalue weighted by Crippen LogP contribution is -2.26. The number of para-hydroxylation sites is 2. The summed E-state index contributed by atoms with van der Waals surface area (Å²) in [5.41, 5.74) is 7.33. The monoisotopic (exact) mass is 573 g/mol. The van der Waals surface area contributed by atoms with Gasteiger partial charge in [0.2, 0.25) is 0 Å². The van der Waals surface area contributed by atoms with Crippen molar-refractivity contribution >= 4 is 48.4 Å². The Bertz CT molecular complexity index is 1640. The molecule has 0 saturated carbocycles. The molecule has 2 nitrogen and oxygen atoms in total. The van der Waals surface area contributed by atoms with Gasteiger partial charge in [0, 0.05) is 12.0 Å². The first kappa shape index (κ1) is 24.7. The van der Waals surface area contributed by atoms with Gasteiger partial charge < -0.3 is 0 Å². The third kappa shape index (κ3) is 4.80. The summed E-state index contributed by atoms with van der Waals surface area (Å²) in [6, 6.07) is 47.2. The smallest absolute Gasteiger partial charge is 0.181 e.